The Balaban J connectivity index is 2.43. The highest BCUT2D eigenvalue weighted by Crippen LogP contribution is 2.19. The van der Waals surface area contributed by atoms with E-state index in [0.29, 0.717) is 18.1 Å². The summed E-state index contributed by atoms with van der Waals surface area (Å²) in [4.78, 5) is 2.33. The molecule has 17 heavy (non-hydrogen) atoms. The van der Waals surface area contributed by atoms with Crippen LogP contribution >= 0.6 is 0 Å². The Morgan fingerprint density at radius 2 is 2.24 bits per heavy atom. The summed E-state index contributed by atoms with van der Waals surface area (Å²) in [7, 11) is 1.78. The second-order valence-electron chi connectivity index (χ2n) is 5.30. The largest absolute Gasteiger partial charge is 0.380 e. The molecule has 98 valence electrons. The predicted molar refractivity (Wildman–Crippen MR) is 68.7 cm³/mol. The van der Waals surface area contributed by atoms with Crippen LogP contribution in [0.2, 0.25) is 0 Å². The van der Waals surface area contributed by atoms with Gasteiger partial charge < -0.3 is 4.74 Å². The molecule has 0 aliphatic carbocycles. The molecule has 4 heteroatoms. The van der Waals surface area contributed by atoms with Gasteiger partial charge in [-0.2, -0.15) is 5.26 Å². The number of nitriles is 1. The third-order valence-corrected chi connectivity index (χ3v) is 3.41. The number of ether oxygens (including phenoxy) is 1. The van der Waals surface area contributed by atoms with Crippen molar-refractivity contribution in [3.63, 3.8) is 0 Å². The molecule has 0 aromatic carbocycles. The van der Waals surface area contributed by atoms with Crippen molar-refractivity contribution < 1.29 is 4.74 Å². The lowest BCUT2D eigenvalue weighted by molar-refractivity contribution is -0.00613. The third kappa shape index (κ3) is 4.63. The molecule has 0 aromatic rings. The number of piperidine rings is 1. The van der Waals surface area contributed by atoms with E-state index in [1.807, 2.05) is 0 Å². The quantitative estimate of drug-likeness (QED) is 0.784. The zero-order valence-electron chi connectivity index (χ0n) is 11.4. The first-order valence-corrected chi connectivity index (χ1v) is 6.47. The predicted octanol–water partition coefficient (Wildman–Crippen LogP) is 1.23. The molecule has 3 unspecified atom stereocenters. The lowest BCUT2D eigenvalue weighted by Crippen LogP contribution is -2.49. The minimum absolute atomic E-state index is 0.0825. The Bertz CT molecular complexity index is 262. The van der Waals surface area contributed by atoms with Gasteiger partial charge >= 0.3 is 0 Å². The molecule has 1 aliphatic heterocycles. The van der Waals surface area contributed by atoms with Crippen LogP contribution in [0.15, 0.2) is 0 Å². The second-order valence-corrected chi connectivity index (χ2v) is 5.30. The molecule has 4 nitrogen and oxygen atoms in total. The topological polar surface area (TPSA) is 48.3 Å². The van der Waals surface area contributed by atoms with Gasteiger partial charge in [0.15, 0.2) is 0 Å². The fourth-order valence-corrected chi connectivity index (χ4v) is 2.36. The summed E-state index contributed by atoms with van der Waals surface area (Å²) in [6.45, 7) is 9.18. The average molecular weight is 239 g/mol. The first-order chi connectivity index (χ1) is 8.06. The van der Waals surface area contributed by atoms with Crippen LogP contribution in [0.25, 0.3) is 0 Å². The van der Waals surface area contributed by atoms with E-state index in [1.54, 1.807) is 7.11 Å². The molecule has 1 rings (SSSR count). The third-order valence-electron chi connectivity index (χ3n) is 3.41. The van der Waals surface area contributed by atoms with Gasteiger partial charge in [-0.25, -0.2) is 0 Å². The SMILES string of the molecule is COC1CN(CC(C#N)NC(C)C)CCC1C. The molecule has 1 saturated heterocycles. The summed E-state index contributed by atoms with van der Waals surface area (Å²) in [6, 6.07) is 2.60. The maximum Gasteiger partial charge on any atom is 0.108 e. The van der Waals surface area contributed by atoms with E-state index in [0.717, 1.165) is 26.1 Å². The molecule has 1 fully saturated rings. The summed E-state index contributed by atoms with van der Waals surface area (Å²) in [5.41, 5.74) is 0. The average Bonchev–Trinajstić information content (AvgIpc) is 2.30. The summed E-state index contributed by atoms with van der Waals surface area (Å²) in [5, 5.41) is 12.4. The zero-order valence-corrected chi connectivity index (χ0v) is 11.4. The number of nitrogens with zero attached hydrogens (tertiary/aromatic N) is 2. The molecule has 0 bridgehead atoms. The summed E-state index contributed by atoms with van der Waals surface area (Å²) < 4.78 is 5.48. The smallest absolute Gasteiger partial charge is 0.108 e. The molecule has 1 aliphatic rings. The van der Waals surface area contributed by atoms with E-state index >= 15 is 0 Å². The van der Waals surface area contributed by atoms with E-state index in [1.165, 1.54) is 0 Å². The van der Waals surface area contributed by atoms with Crippen molar-refractivity contribution in [2.75, 3.05) is 26.7 Å². The van der Waals surface area contributed by atoms with Crippen LogP contribution in [-0.4, -0.2) is 49.8 Å². The fourth-order valence-electron chi connectivity index (χ4n) is 2.36. The van der Waals surface area contributed by atoms with Crippen LogP contribution in [-0.2, 0) is 4.74 Å². The molecular weight excluding hydrogens is 214 g/mol. The van der Waals surface area contributed by atoms with E-state index in [4.69, 9.17) is 10.00 Å². The summed E-state index contributed by atoms with van der Waals surface area (Å²) >= 11 is 0. The molecule has 3 atom stereocenters. The molecular formula is C13H25N3O. The Labute approximate surface area is 105 Å². The van der Waals surface area contributed by atoms with Gasteiger partial charge in [-0.1, -0.05) is 6.92 Å². The van der Waals surface area contributed by atoms with Crippen molar-refractivity contribution in [1.82, 2.24) is 10.2 Å². The lowest BCUT2D eigenvalue weighted by atomic mass is 9.95. The molecule has 0 radical (unpaired) electrons. The maximum atomic E-state index is 9.11. The highest BCUT2D eigenvalue weighted by molar-refractivity contribution is 4.94. The number of rotatable bonds is 5. The van der Waals surface area contributed by atoms with Gasteiger partial charge in [-0.05, 0) is 32.7 Å². The van der Waals surface area contributed by atoms with Gasteiger partial charge in [-0.15, -0.1) is 0 Å². The van der Waals surface area contributed by atoms with Gasteiger partial charge in [0.25, 0.3) is 0 Å². The standard InChI is InChI=1S/C13H25N3O/c1-10(2)15-12(7-14)8-16-6-5-11(3)13(9-16)17-4/h10-13,15H,5-6,8-9H2,1-4H3. The minimum Gasteiger partial charge on any atom is -0.380 e. The number of methoxy groups -OCH3 is 1. The van der Waals surface area contributed by atoms with Crippen molar-refractivity contribution in [2.45, 2.75) is 45.4 Å². The number of hydrogen-bond donors (Lipinski definition) is 1. The number of likely N-dealkylation sites (tertiary alicyclic amines) is 1. The zero-order chi connectivity index (χ0) is 12.8. The van der Waals surface area contributed by atoms with E-state index in [2.05, 4.69) is 37.1 Å². The van der Waals surface area contributed by atoms with Gasteiger partial charge in [0.2, 0.25) is 0 Å². The number of hydrogen-bond acceptors (Lipinski definition) is 4. The van der Waals surface area contributed by atoms with Crippen LogP contribution in [0.3, 0.4) is 0 Å². The summed E-state index contributed by atoms with van der Waals surface area (Å²) in [5.74, 6) is 0.620. The Morgan fingerprint density at radius 3 is 2.76 bits per heavy atom. The molecule has 0 aromatic heterocycles. The van der Waals surface area contributed by atoms with Crippen LogP contribution in [0.1, 0.15) is 27.2 Å². The van der Waals surface area contributed by atoms with Gasteiger partial charge in [0.1, 0.15) is 6.04 Å². The van der Waals surface area contributed by atoms with Gasteiger partial charge in [0, 0.05) is 26.2 Å². The van der Waals surface area contributed by atoms with Crippen LogP contribution < -0.4 is 5.32 Å². The van der Waals surface area contributed by atoms with Crippen LogP contribution in [0, 0.1) is 17.2 Å². The Hall–Kier alpha value is -0.630. The van der Waals surface area contributed by atoms with Crippen LogP contribution in [0.4, 0.5) is 0 Å². The highest BCUT2D eigenvalue weighted by Gasteiger charge is 2.27. The normalized spacial score (nSPS) is 28.0. The molecule has 1 N–H and O–H groups in total. The highest BCUT2D eigenvalue weighted by atomic mass is 16.5. The Morgan fingerprint density at radius 1 is 1.53 bits per heavy atom. The van der Waals surface area contributed by atoms with Crippen molar-refractivity contribution in [2.24, 2.45) is 5.92 Å². The fraction of sp³-hybridized carbons (Fsp3) is 0.923. The molecule has 1 heterocycles. The monoisotopic (exact) mass is 239 g/mol. The molecule has 0 saturated carbocycles. The first kappa shape index (κ1) is 14.4. The van der Waals surface area contributed by atoms with Crippen molar-refractivity contribution >= 4 is 0 Å². The number of nitrogens with one attached hydrogen (secondary N) is 1. The molecule has 0 spiro atoms. The Kier molecular flexibility index (Phi) is 5.90. The van der Waals surface area contributed by atoms with Crippen molar-refractivity contribution in [3.8, 4) is 6.07 Å². The maximum absolute atomic E-state index is 9.11. The summed E-state index contributed by atoms with van der Waals surface area (Å²) in [6.07, 6.45) is 1.46. The van der Waals surface area contributed by atoms with Gasteiger partial charge in [0.05, 0.1) is 12.2 Å². The second kappa shape index (κ2) is 6.95. The molecule has 0 amide bonds. The van der Waals surface area contributed by atoms with E-state index in [9.17, 15) is 0 Å². The minimum atomic E-state index is -0.0825. The van der Waals surface area contributed by atoms with E-state index < -0.39 is 0 Å². The van der Waals surface area contributed by atoms with Gasteiger partial charge in [-0.3, -0.25) is 10.2 Å². The van der Waals surface area contributed by atoms with E-state index in [-0.39, 0.29) is 6.04 Å². The lowest BCUT2D eigenvalue weighted by Gasteiger charge is -2.37. The van der Waals surface area contributed by atoms with Crippen LogP contribution in [0.5, 0.6) is 0 Å². The van der Waals surface area contributed by atoms with Crippen molar-refractivity contribution in [1.29, 1.82) is 5.26 Å². The van der Waals surface area contributed by atoms with Crippen molar-refractivity contribution in [3.05, 3.63) is 0 Å². The first-order valence-electron chi connectivity index (χ1n) is 6.47.